The van der Waals surface area contributed by atoms with Crippen molar-refractivity contribution in [1.82, 2.24) is 15.2 Å². The van der Waals surface area contributed by atoms with Gasteiger partial charge in [-0.2, -0.15) is 0 Å². The molecule has 0 radical (unpaired) electrons. The Morgan fingerprint density at radius 3 is 2.59 bits per heavy atom. The number of hydrogen-bond acceptors (Lipinski definition) is 3. The van der Waals surface area contributed by atoms with E-state index >= 15 is 0 Å². The third-order valence-electron chi connectivity index (χ3n) is 5.01. The van der Waals surface area contributed by atoms with Crippen LogP contribution < -0.4 is 5.32 Å². The Hall–Kier alpha value is -3.54. The third-order valence-corrected chi connectivity index (χ3v) is 5.01. The summed E-state index contributed by atoms with van der Waals surface area (Å²) in [5.41, 5.74) is 3.18. The highest BCUT2D eigenvalue weighted by molar-refractivity contribution is 5.92. The minimum atomic E-state index is -0.741. The zero-order valence-electron chi connectivity index (χ0n) is 15.7. The predicted molar refractivity (Wildman–Crippen MR) is 106 cm³/mol. The fraction of sp³-hybridized carbons (Fsp3) is 0.174. The fourth-order valence-corrected chi connectivity index (χ4v) is 3.55. The first kappa shape index (κ1) is 18.8. The van der Waals surface area contributed by atoms with Crippen LogP contribution in [0.15, 0.2) is 72.9 Å². The number of halogens is 1. The van der Waals surface area contributed by atoms with Crippen molar-refractivity contribution < 1.29 is 14.0 Å². The number of benzene rings is 2. The minimum Gasteiger partial charge on any atom is -0.350 e. The summed E-state index contributed by atoms with van der Waals surface area (Å²) < 4.78 is 13.1. The first-order valence-corrected chi connectivity index (χ1v) is 9.41. The number of amides is 2. The Bertz CT molecular complexity index is 1020. The van der Waals surface area contributed by atoms with E-state index in [0.717, 1.165) is 22.4 Å². The van der Waals surface area contributed by atoms with E-state index in [4.69, 9.17) is 0 Å². The highest BCUT2D eigenvalue weighted by atomic mass is 19.1. The smallest absolute Gasteiger partial charge is 0.247 e. The summed E-state index contributed by atoms with van der Waals surface area (Å²) in [6.07, 6.45) is 1.92. The van der Waals surface area contributed by atoms with Crippen molar-refractivity contribution in [3.8, 4) is 0 Å². The van der Waals surface area contributed by atoms with Gasteiger partial charge in [0.2, 0.25) is 11.8 Å². The van der Waals surface area contributed by atoms with Gasteiger partial charge in [-0.05, 0) is 41.0 Å². The molecule has 1 aliphatic heterocycles. The summed E-state index contributed by atoms with van der Waals surface area (Å²) in [5, 5.41) is 2.89. The summed E-state index contributed by atoms with van der Waals surface area (Å²) in [4.78, 5) is 31.9. The number of pyridine rings is 1. The summed E-state index contributed by atoms with van der Waals surface area (Å²) in [5.74, 6) is -0.713. The second-order valence-electron chi connectivity index (χ2n) is 6.97. The molecule has 0 fully saturated rings. The fourth-order valence-electron chi connectivity index (χ4n) is 3.55. The Kier molecular flexibility index (Phi) is 5.33. The molecule has 1 aliphatic rings. The Morgan fingerprint density at radius 2 is 1.83 bits per heavy atom. The lowest BCUT2D eigenvalue weighted by Crippen LogP contribution is -2.47. The van der Waals surface area contributed by atoms with Gasteiger partial charge in [-0.1, -0.05) is 42.5 Å². The number of carbonyl (C=O) groups is 2. The van der Waals surface area contributed by atoms with Crippen molar-refractivity contribution >= 4 is 11.8 Å². The van der Waals surface area contributed by atoms with Crippen LogP contribution in [0.3, 0.4) is 0 Å². The van der Waals surface area contributed by atoms with E-state index in [-0.39, 0.29) is 37.1 Å². The molecule has 29 heavy (non-hydrogen) atoms. The first-order chi connectivity index (χ1) is 14.1. The molecule has 0 aliphatic carbocycles. The van der Waals surface area contributed by atoms with Gasteiger partial charge in [0.05, 0.1) is 18.7 Å². The molecule has 4 rings (SSSR count). The van der Waals surface area contributed by atoms with Gasteiger partial charge in [-0.25, -0.2) is 4.39 Å². The maximum atomic E-state index is 13.1. The van der Waals surface area contributed by atoms with Crippen molar-refractivity contribution in [3.63, 3.8) is 0 Å². The zero-order valence-corrected chi connectivity index (χ0v) is 15.7. The lowest BCUT2D eigenvalue weighted by molar-refractivity contribution is -0.142. The van der Waals surface area contributed by atoms with Crippen LogP contribution >= 0.6 is 0 Å². The highest BCUT2D eigenvalue weighted by Gasteiger charge is 2.37. The third kappa shape index (κ3) is 4.16. The number of aromatic nitrogens is 1. The molecular weight excluding hydrogens is 369 g/mol. The molecule has 0 saturated carbocycles. The lowest BCUT2D eigenvalue weighted by atomic mass is 9.91. The molecule has 3 aromatic rings. The largest absolute Gasteiger partial charge is 0.350 e. The SMILES string of the molecule is O=C(NCc1ccc(F)cc1)C1c2ccccc2CC(=O)N1Cc1ccccn1. The Balaban J connectivity index is 1.60. The molecule has 2 aromatic carbocycles. The van der Waals surface area contributed by atoms with Crippen LogP contribution in [0.2, 0.25) is 0 Å². The molecule has 0 spiro atoms. The van der Waals surface area contributed by atoms with E-state index in [1.807, 2.05) is 42.5 Å². The second-order valence-corrected chi connectivity index (χ2v) is 6.97. The van der Waals surface area contributed by atoms with Crippen LogP contribution in [0.1, 0.15) is 28.4 Å². The molecule has 6 heteroatoms. The maximum absolute atomic E-state index is 13.1. The maximum Gasteiger partial charge on any atom is 0.247 e. The standard InChI is InChI=1S/C23H20FN3O2/c24-18-10-8-16(9-11-18)14-26-23(29)22-20-7-2-1-5-17(20)13-21(28)27(22)15-19-6-3-4-12-25-19/h1-12,22H,13-15H2,(H,26,29). The molecule has 0 saturated heterocycles. The summed E-state index contributed by atoms with van der Waals surface area (Å²) in [6, 6.07) is 18.2. The number of hydrogen-bond donors (Lipinski definition) is 1. The summed E-state index contributed by atoms with van der Waals surface area (Å²) in [7, 11) is 0. The van der Waals surface area contributed by atoms with Crippen LogP contribution in [0.5, 0.6) is 0 Å². The van der Waals surface area contributed by atoms with Gasteiger partial charge in [0.15, 0.2) is 0 Å². The van der Waals surface area contributed by atoms with Crippen molar-refractivity contribution in [3.05, 3.63) is 101 Å². The van der Waals surface area contributed by atoms with Gasteiger partial charge in [0, 0.05) is 12.7 Å². The lowest BCUT2D eigenvalue weighted by Gasteiger charge is -2.36. The molecule has 1 atom stereocenters. The molecule has 146 valence electrons. The topological polar surface area (TPSA) is 62.3 Å². The van der Waals surface area contributed by atoms with Crippen LogP contribution in [-0.2, 0) is 29.1 Å². The molecule has 0 bridgehead atoms. The number of fused-ring (bicyclic) bond motifs is 1. The van der Waals surface area contributed by atoms with Gasteiger partial charge in [-0.3, -0.25) is 14.6 Å². The molecule has 2 amide bonds. The Labute approximate surface area is 168 Å². The zero-order chi connectivity index (χ0) is 20.2. The monoisotopic (exact) mass is 389 g/mol. The van der Waals surface area contributed by atoms with E-state index in [9.17, 15) is 14.0 Å². The van der Waals surface area contributed by atoms with Gasteiger partial charge < -0.3 is 10.2 Å². The summed E-state index contributed by atoms with van der Waals surface area (Å²) >= 11 is 0. The second kappa shape index (κ2) is 8.22. The number of nitrogens with one attached hydrogen (secondary N) is 1. The molecule has 1 unspecified atom stereocenters. The average molecular weight is 389 g/mol. The van der Waals surface area contributed by atoms with E-state index in [0.29, 0.717) is 0 Å². The summed E-state index contributed by atoms with van der Waals surface area (Å²) in [6.45, 7) is 0.506. The first-order valence-electron chi connectivity index (χ1n) is 9.41. The van der Waals surface area contributed by atoms with Crippen molar-refractivity contribution in [2.75, 3.05) is 0 Å². The van der Waals surface area contributed by atoms with Crippen LogP contribution in [0.25, 0.3) is 0 Å². The van der Waals surface area contributed by atoms with Gasteiger partial charge in [-0.15, -0.1) is 0 Å². The normalized spacial score (nSPS) is 15.7. The molecular formula is C23H20FN3O2. The van der Waals surface area contributed by atoms with Crippen molar-refractivity contribution in [1.29, 1.82) is 0 Å². The van der Waals surface area contributed by atoms with Gasteiger partial charge >= 0.3 is 0 Å². The quantitative estimate of drug-likeness (QED) is 0.729. The van der Waals surface area contributed by atoms with Crippen LogP contribution in [-0.4, -0.2) is 21.7 Å². The van der Waals surface area contributed by atoms with Crippen molar-refractivity contribution in [2.45, 2.75) is 25.6 Å². The van der Waals surface area contributed by atoms with E-state index in [2.05, 4.69) is 10.3 Å². The van der Waals surface area contributed by atoms with Crippen LogP contribution in [0.4, 0.5) is 4.39 Å². The molecule has 2 heterocycles. The van der Waals surface area contributed by atoms with E-state index < -0.39 is 6.04 Å². The molecule has 5 nitrogen and oxygen atoms in total. The molecule has 1 aromatic heterocycles. The average Bonchev–Trinajstić information content (AvgIpc) is 2.74. The predicted octanol–water partition coefficient (Wildman–Crippen LogP) is 3.16. The van der Waals surface area contributed by atoms with Crippen LogP contribution in [0, 0.1) is 5.82 Å². The number of nitrogens with zero attached hydrogens (tertiary/aromatic N) is 2. The van der Waals surface area contributed by atoms with E-state index in [1.54, 1.807) is 23.2 Å². The molecule has 1 N–H and O–H groups in total. The minimum absolute atomic E-state index is 0.115. The Morgan fingerprint density at radius 1 is 1.07 bits per heavy atom. The number of rotatable bonds is 5. The number of carbonyl (C=O) groups excluding carboxylic acids is 2. The van der Waals surface area contributed by atoms with E-state index in [1.165, 1.54) is 12.1 Å². The highest BCUT2D eigenvalue weighted by Crippen LogP contribution is 2.31. The van der Waals surface area contributed by atoms with Gasteiger partial charge in [0.25, 0.3) is 0 Å². The van der Waals surface area contributed by atoms with Gasteiger partial charge in [0.1, 0.15) is 11.9 Å². The van der Waals surface area contributed by atoms with Crippen molar-refractivity contribution in [2.24, 2.45) is 0 Å².